The zero-order valence-electron chi connectivity index (χ0n) is 13.6. The highest BCUT2D eigenvalue weighted by molar-refractivity contribution is 6.33. The van der Waals surface area contributed by atoms with Crippen LogP contribution in [-0.4, -0.2) is 20.2 Å². The van der Waals surface area contributed by atoms with Crippen molar-refractivity contribution in [3.63, 3.8) is 0 Å². The summed E-state index contributed by atoms with van der Waals surface area (Å²) in [7, 11) is 0. The van der Waals surface area contributed by atoms with Crippen molar-refractivity contribution < 1.29 is 0 Å². The van der Waals surface area contributed by atoms with Gasteiger partial charge < -0.3 is 5.32 Å². The molecule has 0 fully saturated rings. The molecule has 0 aliphatic carbocycles. The number of aryl methyl sites for hydroxylation is 4. The van der Waals surface area contributed by atoms with Crippen molar-refractivity contribution in [2.24, 2.45) is 0 Å². The van der Waals surface area contributed by atoms with Crippen LogP contribution in [0.1, 0.15) is 22.3 Å². The van der Waals surface area contributed by atoms with Gasteiger partial charge in [0.25, 0.3) is 5.95 Å². The largest absolute Gasteiger partial charge is 0.321 e. The van der Waals surface area contributed by atoms with E-state index in [1.165, 1.54) is 11.1 Å². The lowest BCUT2D eigenvalue weighted by Gasteiger charge is -2.11. The SMILES string of the molecule is Cc1ccc(-n2nnnc2Nc2cc(C)c(C)cc2Cl)cc1C. The van der Waals surface area contributed by atoms with Crippen LogP contribution in [0, 0.1) is 27.7 Å². The fourth-order valence-corrected chi connectivity index (χ4v) is 2.56. The number of tetrazole rings is 1. The van der Waals surface area contributed by atoms with Gasteiger partial charge in [-0.25, -0.2) is 0 Å². The molecule has 3 aromatic rings. The van der Waals surface area contributed by atoms with Crippen LogP contribution in [0.5, 0.6) is 0 Å². The molecule has 3 rings (SSSR count). The standard InChI is InChI=1S/C17H18ClN5/c1-10-5-6-14(7-11(10)2)23-17(20-21-22-23)19-16-9-13(4)12(3)8-15(16)18/h5-9H,1-4H3,(H,19,20,22). The monoisotopic (exact) mass is 327 g/mol. The second-order valence-electron chi connectivity index (χ2n) is 5.72. The minimum Gasteiger partial charge on any atom is -0.321 e. The molecule has 6 heteroatoms. The molecule has 1 N–H and O–H groups in total. The van der Waals surface area contributed by atoms with Crippen molar-refractivity contribution in [2.45, 2.75) is 27.7 Å². The Labute approximate surface area is 140 Å². The molecule has 0 saturated heterocycles. The first kappa shape index (κ1) is 15.5. The van der Waals surface area contributed by atoms with E-state index >= 15 is 0 Å². The summed E-state index contributed by atoms with van der Waals surface area (Å²) in [5, 5.41) is 15.8. The summed E-state index contributed by atoms with van der Waals surface area (Å²) in [5.41, 5.74) is 6.41. The van der Waals surface area contributed by atoms with Crippen LogP contribution in [0.15, 0.2) is 30.3 Å². The summed E-state index contributed by atoms with van der Waals surface area (Å²) >= 11 is 6.32. The van der Waals surface area contributed by atoms with Gasteiger partial charge in [0.05, 0.1) is 16.4 Å². The van der Waals surface area contributed by atoms with Gasteiger partial charge in [-0.1, -0.05) is 22.8 Å². The first-order valence-electron chi connectivity index (χ1n) is 7.35. The van der Waals surface area contributed by atoms with E-state index in [4.69, 9.17) is 11.6 Å². The highest BCUT2D eigenvalue weighted by atomic mass is 35.5. The van der Waals surface area contributed by atoms with Crippen molar-refractivity contribution in [1.82, 2.24) is 20.2 Å². The van der Waals surface area contributed by atoms with Gasteiger partial charge in [0.1, 0.15) is 0 Å². The quantitative estimate of drug-likeness (QED) is 0.779. The van der Waals surface area contributed by atoms with E-state index in [0.29, 0.717) is 11.0 Å². The highest BCUT2D eigenvalue weighted by Gasteiger charge is 2.12. The number of benzene rings is 2. The second kappa shape index (κ2) is 6.01. The maximum Gasteiger partial charge on any atom is 0.252 e. The minimum absolute atomic E-state index is 0.526. The Morgan fingerprint density at radius 2 is 1.61 bits per heavy atom. The first-order valence-corrected chi connectivity index (χ1v) is 7.73. The van der Waals surface area contributed by atoms with Gasteiger partial charge in [-0.15, -0.1) is 0 Å². The maximum atomic E-state index is 6.32. The van der Waals surface area contributed by atoms with Gasteiger partial charge in [-0.05, 0) is 84.6 Å². The summed E-state index contributed by atoms with van der Waals surface area (Å²) in [4.78, 5) is 0. The Morgan fingerprint density at radius 1 is 0.913 bits per heavy atom. The van der Waals surface area contributed by atoms with Gasteiger partial charge in [0, 0.05) is 0 Å². The summed E-state index contributed by atoms with van der Waals surface area (Å²) in [6.45, 7) is 8.22. The molecule has 0 aliphatic heterocycles. The predicted molar refractivity (Wildman–Crippen MR) is 92.8 cm³/mol. The molecule has 0 atom stereocenters. The first-order chi connectivity index (χ1) is 11.0. The van der Waals surface area contributed by atoms with Gasteiger partial charge in [-0.3, -0.25) is 0 Å². The summed E-state index contributed by atoms with van der Waals surface area (Å²) < 4.78 is 1.66. The van der Waals surface area contributed by atoms with Crippen molar-refractivity contribution >= 4 is 23.2 Å². The van der Waals surface area contributed by atoms with Crippen molar-refractivity contribution in [3.8, 4) is 5.69 Å². The van der Waals surface area contributed by atoms with Crippen molar-refractivity contribution in [1.29, 1.82) is 0 Å². The second-order valence-corrected chi connectivity index (χ2v) is 6.13. The molecule has 2 aromatic carbocycles. The topological polar surface area (TPSA) is 55.6 Å². The number of aromatic nitrogens is 4. The van der Waals surface area contributed by atoms with Crippen LogP contribution in [0.3, 0.4) is 0 Å². The Kier molecular flexibility index (Phi) is 4.05. The van der Waals surface area contributed by atoms with E-state index in [-0.39, 0.29) is 0 Å². The third-order valence-corrected chi connectivity index (χ3v) is 4.35. The van der Waals surface area contributed by atoms with Crippen LogP contribution in [-0.2, 0) is 0 Å². The zero-order valence-corrected chi connectivity index (χ0v) is 14.3. The number of hydrogen-bond donors (Lipinski definition) is 1. The molecular formula is C17H18ClN5. The molecule has 0 spiro atoms. The van der Waals surface area contributed by atoms with Gasteiger partial charge in [0.15, 0.2) is 0 Å². The van der Waals surface area contributed by atoms with Gasteiger partial charge in [0.2, 0.25) is 0 Å². The average molecular weight is 328 g/mol. The predicted octanol–water partition coefficient (Wildman–Crippen LogP) is 4.29. The van der Waals surface area contributed by atoms with Crippen LogP contribution in [0.4, 0.5) is 11.6 Å². The molecule has 1 aromatic heterocycles. The third-order valence-electron chi connectivity index (χ3n) is 4.03. The minimum atomic E-state index is 0.526. The lowest BCUT2D eigenvalue weighted by atomic mass is 10.1. The molecule has 0 radical (unpaired) electrons. The van der Waals surface area contributed by atoms with Crippen LogP contribution < -0.4 is 5.32 Å². The number of anilines is 2. The Bertz CT molecular complexity index is 869. The Hall–Kier alpha value is -2.40. The molecule has 0 unspecified atom stereocenters. The van der Waals surface area contributed by atoms with E-state index in [2.05, 4.69) is 46.8 Å². The zero-order chi connectivity index (χ0) is 16.6. The number of nitrogens with one attached hydrogen (secondary N) is 1. The molecule has 5 nitrogen and oxygen atoms in total. The van der Waals surface area contributed by atoms with E-state index in [1.807, 2.05) is 32.0 Å². The molecule has 0 amide bonds. The van der Waals surface area contributed by atoms with E-state index in [9.17, 15) is 0 Å². The summed E-state index contributed by atoms with van der Waals surface area (Å²) in [6.07, 6.45) is 0. The molecular weight excluding hydrogens is 310 g/mol. The van der Waals surface area contributed by atoms with Crippen LogP contribution >= 0.6 is 11.6 Å². The lowest BCUT2D eigenvalue weighted by Crippen LogP contribution is -2.04. The molecule has 23 heavy (non-hydrogen) atoms. The fourth-order valence-electron chi connectivity index (χ4n) is 2.29. The maximum absolute atomic E-state index is 6.32. The molecule has 0 bridgehead atoms. The number of rotatable bonds is 3. The van der Waals surface area contributed by atoms with E-state index in [0.717, 1.165) is 22.5 Å². The van der Waals surface area contributed by atoms with Crippen molar-refractivity contribution in [3.05, 3.63) is 57.6 Å². The number of nitrogens with zero attached hydrogens (tertiary/aromatic N) is 4. The molecule has 1 heterocycles. The molecule has 118 valence electrons. The smallest absolute Gasteiger partial charge is 0.252 e. The summed E-state index contributed by atoms with van der Waals surface area (Å²) in [6, 6.07) is 10.0. The third kappa shape index (κ3) is 3.05. The Balaban J connectivity index is 1.98. The van der Waals surface area contributed by atoms with Crippen LogP contribution in [0.2, 0.25) is 5.02 Å². The van der Waals surface area contributed by atoms with Crippen molar-refractivity contribution in [2.75, 3.05) is 5.32 Å². The molecule has 0 saturated carbocycles. The van der Waals surface area contributed by atoms with Gasteiger partial charge >= 0.3 is 0 Å². The van der Waals surface area contributed by atoms with E-state index in [1.54, 1.807) is 4.68 Å². The van der Waals surface area contributed by atoms with E-state index < -0.39 is 0 Å². The normalized spacial score (nSPS) is 10.8. The molecule has 0 aliphatic rings. The number of halogens is 1. The average Bonchev–Trinajstić information content (AvgIpc) is 2.96. The van der Waals surface area contributed by atoms with Gasteiger partial charge in [-0.2, -0.15) is 4.68 Å². The highest BCUT2D eigenvalue weighted by Crippen LogP contribution is 2.28. The lowest BCUT2D eigenvalue weighted by molar-refractivity contribution is 0.790. The number of hydrogen-bond acceptors (Lipinski definition) is 4. The fraction of sp³-hybridized carbons (Fsp3) is 0.235. The van der Waals surface area contributed by atoms with Crippen LogP contribution in [0.25, 0.3) is 5.69 Å². The summed E-state index contributed by atoms with van der Waals surface area (Å²) in [5.74, 6) is 0.526. The Morgan fingerprint density at radius 3 is 2.35 bits per heavy atom.